The molecule has 0 radical (unpaired) electrons. The maximum absolute atomic E-state index is 13.2. The molecule has 0 spiro atoms. The Morgan fingerprint density at radius 3 is 2.92 bits per heavy atom. The normalized spacial score (nSPS) is 12.1. The Hall–Kier alpha value is -2.60. The number of benzene rings is 2. The van der Waals surface area contributed by atoms with E-state index in [2.05, 4.69) is 16.9 Å². The number of rotatable bonds is 6. The number of fused-ring (bicyclic) bond motifs is 1. The largest absolute Gasteiger partial charge is 0.325 e. The highest BCUT2D eigenvalue weighted by atomic mass is 32.2. The van der Waals surface area contributed by atoms with Crippen LogP contribution in [0.1, 0.15) is 6.92 Å². The minimum absolute atomic E-state index is 0.201. The highest BCUT2D eigenvalue weighted by molar-refractivity contribution is 8.00. The van der Waals surface area contributed by atoms with Gasteiger partial charge in [-0.2, -0.15) is 0 Å². The first-order valence-corrected chi connectivity index (χ1v) is 8.75. The molecule has 4 nitrogen and oxygen atoms in total. The van der Waals surface area contributed by atoms with Crippen LogP contribution in [-0.2, 0) is 11.3 Å². The first kappa shape index (κ1) is 17.2. The quantitative estimate of drug-likeness (QED) is 0.524. The number of carbonyl (C=O) groups is 1. The van der Waals surface area contributed by atoms with E-state index in [-0.39, 0.29) is 17.0 Å². The average molecular weight is 355 g/mol. The molecule has 128 valence electrons. The molecule has 25 heavy (non-hydrogen) atoms. The van der Waals surface area contributed by atoms with Crippen molar-refractivity contribution >= 4 is 34.4 Å². The molecule has 1 unspecified atom stereocenters. The van der Waals surface area contributed by atoms with E-state index >= 15 is 0 Å². The summed E-state index contributed by atoms with van der Waals surface area (Å²) in [6, 6.07) is 13.7. The number of anilines is 1. The topological polar surface area (TPSA) is 46.9 Å². The lowest BCUT2D eigenvalue weighted by atomic mass is 10.3. The van der Waals surface area contributed by atoms with Gasteiger partial charge in [-0.05, 0) is 37.3 Å². The van der Waals surface area contributed by atoms with Crippen molar-refractivity contribution in [2.24, 2.45) is 0 Å². The second-order valence-corrected chi connectivity index (χ2v) is 6.85. The van der Waals surface area contributed by atoms with Crippen LogP contribution in [0.15, 0.2) is 66.3 Å². The van der Waals surface area contributed by atoms with Crippen LogP contribution in [-0.4, -0.2) is 20.7 Å². The molecular formula is C19H18FN3OS. The van der Waals surface area contributed by atoms with Crippen molar-refractivity contribution in [1.29, 1.82) is 0 Å². The van der Waals surface area contributed by atoms with E-state index in [9.17, 15) is 9.18 Å². The van der Waals surface area contributed by atoms with Crippen molar-refractivity contribution < 1.29 is 9.18 Å². The van der Waals surface area contributed by atoms with Gasteiger partial charge in [0.2, 0.25) is 5.91 Å². The van der Waals surface area contributed by atoms with Crippen LogP contribution in [0.5, 0.6) is 0 Å². The number of imidazole rings is 1. The van der Waals surface area contributed by atoms with E-state index in [4.69, 9.17) is 0 Å². The molecule has 0 aliphatic heterocycles. The lowest BCUT2D eigenvalue weighted by molar-refractivity contribution is -0.115. The molecule has 2 aromatic carbocycles. The first-order chi connectivity index (χ1) is 12.1. The van der Waals surface area contributed by atoms with Gasteiger partial charge in [-0.3, -0.25) is 4.79 Å². The molecule has 1 atom stereocenters. The van der Waals surface area contributed by atoms with Crippen molar-refractivity contribution in [3.8, 4) is 0 Å². The third kappa shape index (κ3) is 3.91. The molecular weight excluding hydrogens is 337 g/mol. The van der Waals surface area contributed by atoms with Crippen molar-refractivity contribution in [1.82, 2.24) is 9.55 Å². The Balaban J connectivity index is 1.79. The average Bonchev–Trinajstić information content (AvgIpc) is 2.93. The van der Waals surface area contributed by atoms with Crippen molar-refractivity contribution in [3.05, 3.63) is 67.0 Å². The highest BCUT2D eigenvalue weighted by Gasteiger charge is 2.19. The van der Waals surface area contributed by atoms with Gasteiger partial charge in [-0.15, -0.1) is 6.58 Å². The van der Waals surface area contributed by atoms with E-state index in [0.717, 1.165) is 16.2 Å². The van der Waals surface area contributed by atoms with Crippen LogP contribution in [0.2, 0.25) is 0 Å². The van der Waals surface area contributed by atoms with Crippen LogP contribution in [0.3, 0.4) is 0 Å². The smallest absolute Gasteiger partial charge is 0.237 e. The van der Waals surface area contributed by atoms with Gasteiger partial charge < -0.3 is 9.88 Å². The van der Waals surface area contributed by atoms with E-state index in [1.54, 1.807) is 25.1 Å². The van der Waals surface area contributed by atoms with Gasteiger partial charge in [0.15, 0.2) is 5.16 Å². The number of hydrogen-bond donors (Lipinski definition) is 1. The van der Waals surface area contributed by atoms with E-state index in [1.165, 1.54) is 23.9 Å². The summed E-state index contributed by atoms with van der Waals surface area (Å²) in [6.45, 7) is 6.20. The van der Waals surface area contributed by atoms with Gasteiger partial charge in [-0.1, -0.05) is 36.0 Å². The Labute approximate surface area is 149 Å². The summed E-state index contributed by atoms with van der Waals surface area (Å²) >= 11 is 1.37. The summed E-state index contributed by atoms with van der Waals surface area (Å²) in [4.78, 5) is 17.0. The highest BCUT2D eigenvalue weighted by Crippen LogP contribution is 2.28. The van der Waals surface area contributed by atoms with Gasteiger partial charge in [0.25, 0.3) is 0 Å². The van der Waals surface area contributed by atoms with E-state index in [1.807, 2.05) is 28.8 Å². The molecule has 1 amide bonds. The molecule has 1 N–H and O–H groups in total. The lowest BCUT2D eigenvalue weighted by Crippen LogP contribution is -2.23. The second kappa shape index (κ2) is 7.53. The zero-order valence-electron chi connectivity index (χ0n) is 13.8. The van der Waals surface area contributed by atoms with Crippen LogP contribution >= 0.6 is 11.8 Å². The molecule has 0 bridgehead atoms. The summed E-state index contributed by atoms with van der Waals surface area (Å²) in [6.07, 6.45) is 1.80. The molecule has 0 saturated heterocycles. The van der Waals surface area contributed by atoms with Crippen molar-refractivity contribution in [2.45, 2.75) is 23.9 Å². The summed E-state index contributed by atoms with van der Waals surface area (Å²) < 4.78 is 15.3. The van der Waals surface area contributed by atoms with Gasteiger partial charge >= 0.3 is 0 Å². The van der Waals surface area contributed by atoms with Crippen LogP contribution in [0.25, 0.3) is 11.0 Å². The summed E-state index contributed by atoms with van der Waals surface area (Å²) in [7, 11) is 0. The van der Waals surface area contributed by atoms with Crippen LogP contribution in [0.4, 0.5) is 10.1 Å². The third-order valence-electron chi connectivity index (χ3n) is 3.67. The number of nitrogens with one attached hydrogen (secondary N) is 1. The fourth-order valence-electron chi connectivity index (χ4n) is 2.47. The number of amides is 1. The minimum atomic E-state index is -0.386. The van der Waals surface area contributed by atoms with Gasteiger partial charge in [0.1, 0.15) is 5.82 Å². The summed E-state index contributed by atoms with van der Waals surface area (Å²) in [5.41, 5.74) is 2.32. The predicted octanol–water partition coefficient (Wildman–Crippen LogP) is 4.48. The van der Waals surface area contributed by atoms with Gasteiger partial charge in [0.05, 0.1) is 16.3 Å². The zero-order valence-corrected chi connectivity index (χ0v) is 14.6. The Kier molecular flexibility index (Phi) is 5.19. The van der Waals surface area contributed by atoms with Crippen LogP contribution < -0.4 is 5.32 Å². The molecule has 3 rings (SSSR count). The van der Waals surface area contributed by atoms with Crippen molar-refractivity contribution in [2.75, 3.05) is 5.32 Å². The predicted molar refractivity (Wildman–Crippen MR) is 100 cm³/mol. The SMILES string of the molecule is C=CCn1c(SC(C)C(=O)Nc2cccc(F)c2)nc2ccccc21. The number of para-hydroxylation sites is 2. The number of thioether (sulfide) groups is 1. The molecule has 0 aliphatic carbocycles. The monoisotopic (exact) mass is 355 g/mol. The standard InChI is InChI=1S/C19H18FN3OS/c1-3-11-23-17-10-5-4-9-16(17)22-19(23)25-13(2)18(24)21-15-8-6-7-14(20)12-15/h3-10,12-13H,1,11H2,2H3,(H,21,24). The number of allylic oxidation sites excluding steroid dienone is 1. The molecule has 0 saturated carbocycles. The maximum atomic E-state index is 13.2. The molecule has 3 aromatic rings. The zero-order chi connectivity index (χ0) is 17.8. The van der Waals surface area contributed by atoms with Gasteiger partial charge in [-0.25, -0.2) is 9.37 Å². The number of nitrogens with zero attached hydrogens (tertiary/aromatic N) is 2. The Bertz CT molecular complexity index is 922. The summed E-state index contributed by atoms with van der Waals surface area (Å²) in [5.74, 6) is -0.585. The Morgan fingerprint density at radius 2 is 2.16 bits per heavy atom. The lowest BCUT2D eigenvalue weighted by Gasteiger charge is -2.13. The number of aromatic nitrogens is 2. The van der Waals surface area contributed by atoms with Gasteiger partial charge in [0, 0.05) is 12.2 Å². The minimum Gasteiger partial charge on any atom is -0.325 e. The fraction of sp³-hybridized carbons (Fsp3) is 0.158. The molecule has 1 heterocycles. The fourth-order valence-corrected chi connectivity index (χ4v) is 3.40. The first-order valence-electron chi connectivity index (χ1n) is 7.87. The second-order valence-electron chi connectivity index (χ2n) is 5.54. The number of halogens is 1. The maximum Gasteiger partial charge on any atom is 0.237 e. The van der Waals surface area contributed by atoms with Crippen LogP contribution in [0, 0.1) is 5.82 Å². The molecule has 0 aliphatic rings. The summed E-state index contributed by atoms with van der Waals surface area (Å²) in [5, 5.41) is 3.10. The Morgan fingerprint density at radius 1 is 1.36 bits per heavy atom. The van der Waals surface area contributed by atoms with E-state index < -0.39 is 0 Å². The molecule has 1 aromatic heterocycles. The number of carbonyl (C=O) groups excluding carboxylic acids is 1. The third-order valence-corrected chi connectivity index (χ3v) is 4.76. The molecule has 6 heteroatoms. The van der Waals surface area contributed by atoms with E-state index in [0.29, 0.717) is 12.2 Å². The van der Waals surface area contributed by atoms with Crippen molar-refractivity contribution in [3.63, 3.8) is 0 Å². The molecule has 0 fully saturated rings. The number of hydrogen-bond acceptors (Lipinski definition) is 3.